The van der Waals surface area contributed by atoms with E-state index in [1.807, 2.05) is 0 Å². The minimum Gasteiger partial charge on any atom is -1.00 e. The molecular weight excluding hydrogens is 407 g/mol. The number of hydrogen-bond acceptors (Lipinski definition) is 2. The van der Waals surface area contributed by atoms with E-state index in [0.29, 0.717) is 5.15 Å². The minimum absolute atomic E-state index is 0. The molecule has 0 saturated heterocycles. The van der Waals surface area contributed by atoms with Gasteiger partial charge in [0.1, 0.15) is 23.0 Å². The number of hydrogen-bond donors (Lipinski definition) is 0. The second-order valence-electron chi connectivity index (χ2n) is 4.75. The Balaban J connectivity index is 0.00000200. The molecule has 0 aliphatic carbocycles. The molecular formula is C13H19Br2ClN4. The fourth-order valence-electron chi connectivity index (χ4n) is 2.53. The second-order valence-corrected chi connectivity index (χ2v) is 5.92. The second kappa shape index (κ2) is 7.20. The van der Waals surface area contributed by atoms with Gasteiger partial charge in [0, 0.05) is 5.56 Å². The Bertz CT molecular complexity index is 573. The first-order valence-electron chi connectivity index (χ1n) is 6.58. The number of nitrogens with zero attached hydrogens (tertiary/aromatic N) is 4. The van der Waals surface area contributed by atoms with E-state index in [9.17, 15) is 0 Å². The largest absolute Gasteiger partial charge is 1.00 e. The molecule has 2 aromatic rings. The Labute approximate surface area is 143 Å². The summed E-state index contributed by atoms with van der Waals surface area (Å²) in [5.41, 5.74) is 2.11. The van der Waals surface area contributed by atoms with Crippen molar-refractivity contribution in [2.45, 2.75) is 27.3 Å². The highest BCUT2D eigenvalue weighted by molar-refractivity contribution is 9.10. The summed E-state index contributed by atoms with van der Waals surface area (Å²) >= 11 is 9.77. The van der Waals surface area contributed by atoms with Crippen molar-refractivity contribution in [3.63, 3.8) is 0 Å². The fourth-order valence-corrected chi connectivity index (χ4v) is 3.32. The molecule has 0 atom stereocenters. The van der Waals surface area contributed by atoms with Crippen LogP contribution in [0.25, 0.3) is 5.52 Å². The first-order valence-corrected chi connectivity index (χ1v) is 7.75. The highest BCUT2D eigenvalue weighted by Crippen LogP contribution is 2.28. The maximum absolute atomic E-state index is 6.23. The molecule has 0 spiro atoms. The van der Waals surface area contributed by atoms with Gasteiger partial charge in [0.25, 0.3) is 0 Å². The molecule has 20 heavy (non-hydrogen) atoms. The summed E-state index contributed by atoms with van der Waals surface area (Å²) in [7, 11) is 0. The summed E-state index contributed by atoms with van der Waals surface area (Å²) in [6.45, 7) is 11.0. The Morgan fingerprint density at radius 3 is 2.40 bits per heavy atom. The van der Waals surface area contributed by atoms with E-state index in [1.165, 1.54) is 11.9 Å². The molecule has 7 heteroatoms. The van der Waals surface area contributed by atoms with Crippen molar-refractivity contribution in [2.24, 2.45) is 0 Å². The van der Waals surface area contributed by atoms with Crippen LogP contribution in [0.1, 0.15) is 26.3 Å². The Kier molecular flexibility index (Phi) is 6.44. The number of rotatable bonds is 5. The zero-order valence-electron chi connectivity index (χ0n) is 11.9. The molecule has 0 aromatic carbocycles. The summed E-state index contributed by atoms with van der Waals surface area (Å²) in [4.78, 5) is 4.09. The number of fused-ring (bicyclic) bond motifs is 1. The maximum Gasteiger partial charge on any atom is 0.157 e. The molecule has 0 amide bonds. The van der Waals surface area contributed by atoms with Gasteiger partial charge in [-0.15, -0.1) is 0 Å². The van der Waals surface area contributed by atoms with Crippen LogP contribution in [0.4, 0.5) is 0 Å². The molecule has 2 aromatic heterocycles. The van der Waals surface area contributed by atoms with Crippen LogP contribution in [0.15, 0.2) is 17.0 Å². The predicted octanol–water partition coefficient (Wildman–Crippen LogP) is 0.526. The van der Waals surface area contributed by atoms with Crippen molar-refractivity contribution in [1.82, 2.24) is 14.6 Å². The Morgan fingerprint density at radius 1 is 1.25 bits per heavy atom. The molecule has 4 nitrogen and oxygen atoms in total. The van der Waals surface area contributed by atoms with E-state index in [-0.39, 0.29) is 17.0 Å². The van der Waals surface area contributed by atoms with Gasteiger partial charge in [0.05, 0.1) is 19.6 Å². The van der Waals surface area contributed by atoms with Gasteiger partial charge in [-0.2, -0.15) is 5.10 Å². The third kappa shape index (κ3) is 3.18. The van der Waals surface area contributed by atoms with E-state index in [1.54, 1.807) is 4.52 Å². The molecule has 2 heterocycles. The third-order valence-corrected chi connectivity index (χ3v) is 4.90. The molecule has 0 N–H and O–H groups in total. The summed E-state index contributed by atoms with van der Waals surface area (Å²) in [5.74, 6) is 0. The molecule has 0 aliphatic rings. The van der Waals surface area contributed by atoms with Crippen molar-refractivity contribution in [3.8, 4) is 0 Å². The fraction of sp³-hybridized carbons (Fsp3) is 0.538. The van der Waals surface area contributed by atoms with E-state index < -0.39 is 0 Å². The van der Waals surface area contributed by atoms with Gasteiger partial charge in [-0.05, 0) is 42.8 Å². The van der Waals surface area contributed by atoms with Crippen molar-refractivity contribution in [3.05, 3.63) is 27.7 Å². The van der Waals surface area contributed by atoms with Crippen molar-refractivity contribution in [2.75, 3.05) is 19.6 Å². The van der Waals surface area contributed by atoms with Gasteiger partial charge in [0.2, 0.25) is 0 Å². The number of halogens is 3. The van der Waals surface area contributed by atoms with Crippen LogP contribution in [0.3, 0.4) is 0 Å². The van der Waals surface area contributed by atoms with E-state index in [0.717, 1.165) is 40.8 Å². The molecule has 0 bridgehead atoms. The molecule has 112 valence electrons. The topological polar surface area (TPSA) is 30.2 Å². The first kappa shape index (κ1) is 17.9. The minimum atomic E-state index is 0. The molecule has 0 unspecified atom stereocenters. The van der Waals surface area contributed by atoms with Crippen LogP contribution >= 0.6 is 27.5 Å². The standard InChI is InChI=1S/C13H19BrClN4.BrH/c1-4-19(5-2,6-3)8-10-7-11(14)18-12(10)13(15)16-9-17-18;/h7,9H,4-6,8H2,1-3H3;1H/q+1;/p-1. The summed E-state index contributed by atoms with van der Waals surface area (Å²) in [6, 6.07) is 2.10. The van der Waals surface area contributed by atoms with Crippen LogP contribution in [0, 0.1) is 0 Å². The van der Waals surface area contributed by atoms with Crippen LogP contribution in [-0.4, -0.2) is 38.7 Å². The normalized spacial score (nSPS) is 11.7. The van der Waals surface area contributed by atoms with Crippen LogP contribution in [0.5, 0.6) is 0 Å². The van der Waals surface area contributed by atoms with Crippen LogP contribution in [-0.2, 0) is 6.54 Å². The lowest BCUT2D eigenvalue weighted by molar-refractivity contribution is -0.936. The van der Waals surface area contributed by atoms with E-state index in [4.69, 9.17) is 11.6 Å². The first-order chi connectivity index (χ1) is 9.06. The van der Waals surface area contributed by atoms with Crippen LogP contribution < -0.4 is 17.0 Å². The van der Waals surface area contributed by atoms with Gasteiger partial charge in [-0.25, -0.2) is 9.50 Å². The zero-order chi connectivity index (χ0) is 14.0. The van der Waals surface area contributed by atoms with E-state index >= 15 is 0 Å². The predicted molar refractivity (Wildman–Crippen MR) is 81.3 cm³/mol. The summed E-state index contributed by atoms with van der Waals surface area (Å²) < 4.78 is 3.76. The van der Waals surface area contributed by atoms with Gasteiger partial charge < -0.3 is 21.5 Å². The van der Waals surface area contributed by atoms with Crippen molar-refractivity contribution in [1.29, 1.82) is 0 Å². The lowest BCUT2D eigenvalue weighted by Crippen LogP contribution is -3.00. The molecule has 0 radical (unpaired) electrons. The lowest BCUT2D eigenvalue weighted by atomic mass is 10.2. The SMILES string of the molecule is CC[N+](CC)(CC)Cc1cc(Br)n2ncnc(Cl)c12.[Br-]. The van der Waals surface area contributed by atoms with Gasteiger partial charge in [-0.1, -0.05) is 11.6 Å². The third-order valence-electron chi connectivity index (χ3n) is 4.06. The summed E-state index contributed by atoms with van der Waals surface area (Å²) in [6.07, 6.45) is 1.48. The van der Waals surface area contributed by atoms with E-state index in [2.05, 4.69) is 52.9 Å². The summed E-state index contributed by atoms with van der Waals surface area (Å²) in [5, 5.41) is 4.75. The average Bonchev–Trinajstić information content (AvgIpc) is 2.74. The van der Waals surface area contributed by atoms with Crippen LogP contribution in [0.2, 0.25) is 5.15 Å². The molecule has 0 saturated carbocycles. The molecule has 2 rings (SSSR count). The van der Waals surface area contributed by atoms with Gasteiger partial charge >= 0.3 is 0 Å². The monoisotopic (exact) mass is 424 g/mol. The molecule has 0 fully saturated rings. The van der Waals surface area contributed by atoms with Crippen molar-refractivity contribution >= 4 is 33.0 Å². The number of aromatic nitrogens is 3. The average molecular weight is 427 g/mol. The molecule has 0 aliphatic heterocycles. The highest BCUT2D eigenvalue weighted by Gasteiger charge is 2.25. The number of quaternary nitrogens is 1. The smallest absolute Gasteiger partial charge is 0.157 e. The maximum atomic E-state index is 6.23. The highest BCUT2D eigenvalue weighted by atomic mass is 79.9. The zero-order valence-corrected chi connectivity index (χ0v) is 15.8. The van der Waals surface area contributed by atoms with Crippen molar-refractivity contribution < 1.29 is 21.5 Å². The quantitative estimate of drug-likeness (QED) is 0.653. The van der Waals surface area contributed by atoms with Gasteiger partial charge in [-0.3, -0.25) is 0 Å². The van der Waals surface area contributed by atoms with Gasteiger partial charge in [0.15, 0.2) is 5.15 Å². The lowest BCUT2D eigenvalue weighted by Gasteiger charge is -2.35. The Morgan fingerprint density at radius 2 is 1.85 bits per heavy atom. The Hall–Kier alpha value is -0.170.